The van der Waals surface area contributed by atoms with Gasteiger partial charge in [0.25, 0.3) is 0 Å². The minimum atomic E-state index is -0.221. The summed E-state index contributed by atoms with van der Waals surface area (Å²) in [6.07, 6.45) is 0. The maximum Gasteiger partial charge on any atom is 0.228 e. The summed E-state index contributed by atoms with van der Waals surface area (Å²) in [5.41, 5.74) is 4.49. The molecule has 37 heavy (non-hydrogen) atoms. The molecular weight excluding hydrogens is 460 g/mol. The molecule has 0 aliphatic rings. The third-order valence-electron chi connectivity index (χ3n) is 6.60. The first kappa shape index (κ1) is 23.3. The van der Waals surface area contributed by atoms with E-state index < -0.39 is 0 Å². The summed E-state index contributed by atoms with van der Waals surface area (Å²) in [5.74, 6) is 2.91. The first-order valence-electron chi connectivity index (χ1n) is 12.5. The molecule has 0 unspecified atom stereocenters. The first-order valence-corrected chi connectivity index (χ1v) is 12.5. The summed E-state index contributed by atoms with van der Waals surface area (Å²) in [5, 5.41) is 1.94. The molecule has 6 rings (SSSR count). The summed E-state index contributed by atoms with van der Waals surface area (Å²) in [6, 6.07) is 18.3. The average molecular weight is 491 g/mol. The molecule has 2 aromatic carbocycles. The van der Waals surface area contributed by atoms with Gasteiger partial charge >= 0.3 is 0 Å². The van der Waals surface area contributed by atoms with Gasteiger partial charge in [-0.3, -0.25) is 0 Å². The fourth-order valence-electron chi connectivity index (χ4n) is 4.53. The van der Waals surface area contributed by atoms with Crippen molar-refractivity contribution in [3.05, 3.63) is 66.2 Å². The first-order chi connectivity index (χ1) is 17.5. The van der Waals surface area contributed by atoms with Gasteiger partial charge in [0.1, 0.15) is 28.8 Å². The molecular formula is C30H30N6O. The average Bonchev–Trinajstić information content (AvgIpc) is 3.40. The zero-order valence-corrected chi connectivity index (χ0v) is 22.3. The topological polar surface area (TPSA) is 82.5 Å². The van der Waals surface area contributed by atoms with Crippen molar-refractivity contribution in [3.63, 3.8) is 0 Å². The normalized spacial score (nSPS) is 12.7. The van der Waals surface area contributed by atoms with Crippen LogP contribution < -0.4 is 0 Å². The Bertz CT molecular complexity index is 1780. The van der Waals surface area contributed by atoms with Crippen LogP contribution in [0.5, 0.6) is 0 Å². The van der Waals surface area contributed by atoms with Crippen LogP contribution in [0, 0.1) is 0 Å². The molecule has 0 aliphatic carbocycles. The fourth-order valence-corrected chi connectivity index (χ4v) is 4.53. The number of hydrogen-bond acceptors (Lipinski definition) is 6. The number of pyridine rings is 1. The van der Waals surface area contributed by atoms with Crippen molar-refractivity contribution >= 4 is 33.1 Å². The Morgan fingerprint density at radius 2 is 1.38 bits per heavy atom. The Labute approximate surface area is 215 Å². The van der Waals surface area contributed by atoms with Crippen molar-refractivity contribution in [1.29, 1.82) is 0 Å². The summed E-state index contributed by atoms with van der Waals surface area (Å²) >= 11 is 0. The number of aromatic nitrogens is 6. The van der Waals surface area contributed by atoms with Crippen molar-refractivity contribution in [2.75, 3.05) is 0 Å². The van der Waals surface area contributed by atoms with E-state index in [1.54, 1.807) is 0 Å². The predicted molar refractivity (Wildman–Crippen MR) is 147 cm³/mol. The van der Waals surface area contributed by atoms with E-state index in [0.717, 1.165) is 50.4 Å². The molecule has 0 spiro atoms. The number of rotatable bonds is 2. The Kier molecular flexibility index (Phi) is 4.99. The maximum absolute atomic E-state index is 6.41. The number of hydrogen-bond donors (Lipinski definition) is 0. The van der Waals surface area contributed by atoms with Crippen molar-refractivity contribution < 1.29 is 4.42 Å². The highest BCUT2D eigenvalue weighted by atomic mass is 16.3. The lowest BCUT2D eigenvalue weighted by molar-refractivity contribution is 0.497. The Morgan fingerprint density at radius 1 is 0.676 bits per heavy atom. The number of furan rings is 1. The quantitative estimate of drug-likeness (QED) is 0.260. The summed E-state index contributed by atoms with van der Waals surface area (Å²) in [7, 11) is 2.03. The predicted octanol–water partition coefficient (Wildman–Crippen LogP) is 6.98. The largest absolute Gasteiger partial charge is 0.437 e. The molecule has 0 amide bonds. The molecule has 0 saturated heterocycles. The van der Waals surface area contributed by atoms with Crippen molar-refractivity contribution in [2.24, 2.45) is 7.05 Å². The lowest BCUT2D eigenvalue weighted by atomic mass is 9.93. The van der Waals surface area contributed by atoms with E-state index in [0.29, 0.717) is 17.2 Å². The molecule has 4 heterocycles. The highest BCUT2D eigenvalue weighted by Crippen LogP contribution is 2.36. The van der Waals surface area contributed by atoms with Gasteiger partial charge in [0.05, 0.1) is 16.6 Å². The van der Waals surface area contributed by atoms with Gasteiger partial charge in [-0.2, -0.15) is 0 Å². The van der Waals surface area contributed by atoms with Crippen molar-refractivity contribution in [1.82, 2.24) is 29.5 Å². The molecule has 0 radical (unpaired) electrons. The van der Waals surface area contributed by atoms with Crippen molar-refractivity contribution in [2.45, 2.75) is 52.4 Å². The van der Waals surface area contributed by atoms with Gasteiger partial charge in [0.2, 0.25) is 5.71 Å². The van der Waals surface area contributed by atoms with Crippen LogP contribution in [0.4, 0.5) is 0 Å². The summed E-state index contributed by atoms with van der Waals surface area (Å²) in [6.45, 7) is 12.6. The second-order valence-corrected chi connectivity index (χ2v) is 11.6. The van der Waals surface area contributed by atoms with Crippen LogP contribution in [0.25, 0.3) is 56.0 Å². The molecule has 0 N–H and O–H groups in total. The second-order valence-electron chi connectivity index (χ2n) is 11.6. The van der Waals surface area contributed by atoms with Gasteiger partial charge in [-0.1, -0.05) is 65.8 Å². The van der Waals surface area contributed by atoms with Crippen LogP contribution in [-0.4, -0.2) is 29.5 Å². The van der Waals surface area contributed by atoms with Crippen LogP contribution in [0.2, 0.25) is 0 Å². The maximum atomic E-state index is 6.41. The third kappa shape index (κ3) is 3.86. The Balaban J connectivity index is 1.54. The van der Waals surface area contributed by atoms with Crippen LogP contribution in [0.1, 0.15) is 53.2 Å². The van der Waals surface area contributed by atoms with Crippen LogP contribution in [-0.2, 0) is 17.9 Å². The SMILES string of the molecule is Cn1c(-c2cccc3c2oc2nc(-c4nc(C(C)(C)C)nc(C(C)(C)C)n4)ccc23)nc2ccccc21. The number of nitrogens with zero attached hydrogens (tertiary/aromatic N) is 6. The minimum Gasteiger partial charge on any atom is -0.437 e. The van der Waals surface area contributed by atoms with E-state index >= 15 is 0 Å². The highest BCUT2D eigenvalue weighted by molar-refractivity contribution is 6.08. The molecule has 7 heteroatoms. The van der Waals surface area contributed by atoms with Gasteiger partial charge in [-0.15, -0.1) is 0 Å². The van der Waals surface area contributed by atoms with E-state index in [1.807, 2.05) is 49.5 Å². The third-order valence-corrected chi connectivity index (χ3v) is 6.60. The summed E-state index contributed by atoms with van der Waals surface area (Å²) < 4.78 is 8.51. The van der Waals surface area contributed by atoms with E-state index in [-0.39, 0.29) is 10.8 Å². The standard InChI is InChI=1S/C30H30N6O/c1-29(2,3)27-33-24(34-28(35-27)30(4,5)6)21-16-15-18-17-11-10-12-19(23(17)37-26(18)32-21)25-31-20-13-8-9-14-22(20)36(25)7/h8-16H,1-7H3. The van der Waals surface area contributed by atoms with Crippen molar-refractivity contribution in [3.8, 4) is 22.9 Å². The molecule has 0 fully saturated rings. The molecule has 0 atom stereocenters. The van der Waals surface area contributed by atoms with Gasteiger partial charge in [-0.25, -0.2) is 24.9 Å². The lowest BCUT2D eigenvalue weighted by Gasteiger charge is -2.22. The van der Waals surface area contributed by atoms with E-state index in [1.165, 1.54) is 0 Å². The number of imidazole rings is 1. The summed E-state index contributed by atoms with van der Waals surface area (Å²) in [4.78, 5) is 24.2. The smallest absolute Gasteiger partial charge is 0.228 e. The van der Waals surface area contributed by atoms with Gasteiger partial charge < -0.3 is 8.98 Å². The Hall–Kier alpha value is -4.13. The lowest BCUT2D eigenvalue weighted by Crippen LogP contribution is -2.24. The number of fused-ring (bicyclic) bond motifs is 4. The number of para-hydroxylation sites is 3. The van der Waals surface area contributed by atoms with Crippen LogP contribution in [0.3, 0.4) is 0 Å². The van der Waals surface area contributed by atoms with Gasteiger partial charge in [0, 0.05) is 28.7 Å². The fraction of sp³-hybridized carbons (Fsp3) is 0.300. The zero-order valence-electron chi connectivity index (χ0n) is 22.3. The van der Waals surface area contributed by atoms with Gasteiger partial charge in [-0.05, 0) is 30.3 Å². The van der Waals surface area contributed by atoms with Crippen LogP contribution >= 0.6 is 0 Å². The molecule has 6 aromatic rings. The molecule has 4 aromatic heterocycles. The molecule has 0 saturated carbocycles. The number of benzene rings is 2. The zero-order chi connectivity index (χ0) is 26.1. The van der Waals surface area contributed by atoms with E-state index in [2.05, 4.69) is 58.2 Å². The monoisotopic (exact) mass is 490 g/mol. The van der Waals surface area contributed by atoms with E-state index in [9.17, 15) is 0 Å². The molecule has 0 aliphatic heterocycles. The van der Waals surface area contributed by atoms with E-state index in [4.69, 9.17) is 29.3 Å². The van der Waals surface area contributed by atoms with Gasteiger partial charge in [0.15, 0.2) is 5.82 Å². The second kappa shape index (κ2) is 7.93. The van der Waals surface area contributed by atoms with Crippen LogP contribution in [0.15, 0.2) is 59.0 Å². The molecule has 7 nitrogen and oxygen atoms in total. The number of aryl methyl sites for hydroxylation is 1. The minimum absolute atomic E-state index is 0.221. The molecule has 186 valence electrons. The molecule has 0 bridgehead atoms. The highest BCUT2D eigenvalue weighted by Gasteiger charge is 2.26. The Morgan fingerprint density at radius 3 is 2.05 bits per heavy atom.